The zero-order valence-electron chi connectivity index (χ0n) is 15.8. The Morgan fingerprint density at radius 1 is 1.28 bits per heavy atom. The van der Waals surface area contributed by atoms with E-state index in [1.165, 1.54) is 29.5 Å². The summed E-state index contributed by atoms with van der Waals surface area (Å²) < 4.78 is 7.18. The van der Waals surface area contributed by atoms with E-state index in [4.69, 9.17) is 4.42 Å². The van der Waals surface area contributed by atoms with Crippen molar-refractivity contribution < 1.29 is 14.1 Å². The summed E-state index contributed by atoms with van der Waals surface area (Å²) in [5, 5.41) is 10.9. The fourth-order valence-corrected chi connectivity index (χ4v) is 3.81. The van der Waals surface area contributed by atoms with Crippen LogP contribution in [0.1, 0.15) is 26.5 Å². The molecule has 0 unspecified atom stereocenters. The SMILES string of the molecule is CC(C)(C)C(=O)C=c1[nH]c(=O)c(=Cc2ccc(-c3ccc([N+](=O)[O-])cc3Br)o2)s1. The summed E-state index contributed by atoms with van der Waals surface area (Å²) in [7, 11) is 0. The molecule has 29 heavy (non-hydrogen) atoms. The van der Waals surface area contributed by atoms with E-state index in [2.05, 4.69) is 20.9 Å². The largest absolute Gasteiger partial charge is 0.457 e. The number of thiazole rings is 1. The number of carbonyl (C=O) groups is 1. The lowest BCUT2D eigenvalue weighted by Gasteiger charge is -2.12. The first-order valence-corrected chi connectivity index (χ1v) is 10.2. The van der Waals surface area contributed by atoms with Crippen molar-refractivity contribution in [3.63, 3.8) is 0 Å². The summed E-state index contributed by atoms with van der Waals surface area (Å²) >= 11 is 4.49. The second-order valence-electron chi connectivity index (χ2n) is 7.31. The Labute approximate surface area is 177 Å². The van der Waals surface area contributed by atoms with Gasteiger partial charge in [0.1, 0.15) is 11.5 Å². The number of hydrogen-bond acceptors (Lipinski definition) is 6. The van der Waals surface area contributed by atoms with Gasteiger partial charge < -0.3 is 9.40 Å². The van der Waals surface area contributed by atoms with Gasteiger partial charge in [-0.3, -0.25) is 19.7 Å². The van der Waals surface area contributed by atoms with Crippen LogP contribution in [-0.2, 0) is 4.79 Å². The van der Waals surface area contributed by atoms with Crippen molar-refractivity contribution in [3.05, 3.63) is 70.2 Å². The van der Waals surface area contributed by atoms with Gasteiger partial charge in [0.2, 0.25) is 0 Å². The fourth-order valence-electron chi connectivity index (χ4n) is 2.38. The number of H-pyrrole nitrogens is 1. The van der Waals surface area contributed by atoms with Gasteiger partial charge in [0, 0.05) is 39.7 Å². The van der Waals surface area contributed by atoms with Gasteiger partial charge in [-0.1, -0.05) is 20.8 Å². The fraction of sp³-hybridized carbons (Fsp3) is 0.200. The van der Waals surface area contributed by atoms with Crippen LogP contribution in [0, 0.1) is 15.5 Å². The molecule has 3 rings (SSSR count). The molecule has 2 aromatic heterocycles. The number of Topliss-reactive ketones (excluding diaryl/α,β-unsaturated/α-hetero) is 1. The summed E-state index contributed by atoms with van der Waals surface area (Å²) in [5.41, 5.74) is -0.214. The normalized spacial score (nSPS) is 13.1. The zero-order chi connectivity index (χ0) is 21.3. The molecule has 7 nitrogen and oxygen atoms in total. The van der Waals surface area contributed by atoms with Crippen molar-refractivity contribution >= 4 is 50.9 Å². The number of rotatable bonds is 4. The molecule has 150 valence electrons. The third kappa shape index (κ3) is 4.80. The average Bonchev–Trinajstić information content (AvgIpc) is 3.21. The van der Waals surface area contributed by atoms with Gasteiger partial charge in [-0.25, -0.2) is 0 Å². The summed E-state index contributed by atoms with van der Waals surface area (Å²) in [6.07, 6.45) is 3.02. The molecule has 1 aromatic carbocycles. The Kier molecular flexibility index (Phi) is 5.72. The number of aromatic nitrogens is 1. The standard InChI is InChI=1S/C20H17BrN2O5S/c1-20(2,3)17(24)10-18-22-19(25)16(29-18)9-12-5-7-15(28-12)13-6-4-11(23(26)27)8-14(13)21/h4-10H,1-3H3,(H,22,25). The number of aromatic amines is 1. The maximum atomic E-state index is 12.2. The van der Waals surface area contributed by atoms with Crippen molar-refractivity contribution in [2.45, 2.75) is 20.8 Å². The molecule has 0 amide bonds. The Morgan fingerprint density at radius 2 is 2.00 bits per heavy atom. The van der Waals surface area contributed by atoms with E-state index in [-0.39, 0.29) is 17.0 Å². The predicted molar refractivity (Wildman–Crippen MR) is 115 cm³/mol. The summed E-state index contributed by atoms with van der Waals surface area (Å²) in [5.74, 6) is 0.872. The van der Waals surface area contributed by atoms with Gasteiger partial charge >= 0.3 is 0 Å². The van der Waals surface area contributed by atoms with E-state index in [1.807, 2.05) is 20.8 Å². The van der Waals surface area contributed by atoms with E-state index in [1.54, 1.807) is 24.3 Å². The van der Waals surface area contributed by atoms with Gasteiger partial charge in [-0.2, -0.15) is 0 Å². The molecule has 0 saturated carbocycles. The number of halogens is 1. The highest BCUT2D eigenvalue weighted by Gasteiger charge is 2.18. The smallest absolute Gasteiger partial charge is 0.270 e. The molecule has 3 aromatic rings. The number of ketones is 1. The molecule has 0 aliphatic carbocycles. The number of furan rings is 1. The van der Waals surface area contributed by atoms with E-state index in [9.17, 15) is 19.7 Å². The van der Waals surface area contributed by atoms with E-state index in [0.29, 0.717) is 30.8 Å². The molecular formula is C20H17BrN2O5S. The number of hydrogen-bond donors (Lipinski definition) is 1. The molecule has 0 radical (unpaired) electrons. The summed E-state index contributed by atoms with van der Waals surface area (Å²) in [4.78, 5) is 37.4. The Balaban J connectivity index is 1.96. The molecular weight excluding hydrogens is 460 g/mol. The molecule has 0 spiro atoms. The van der Waals surface area contributed by atoms with Crippen molar-refractivity contribution in [1.82, 2.24) is 4.98 Å². The van der Waals surface area contributed by atoms with Crippen LogP contribution >= 0.6 is 27.3 Å². The van der Waals surface area contributed by atoms with Gasteiger partial charge in [0.25, 0.3) is 11.2 Å². The van der Waals surface area contributed by atoms with Gasteiger partial charge in [-0.15, -0.1) is 11.3 Å². The van der Waals surface area contributed by atoms with Crippen molar-refractivity contribution in [2.24, 2.45) is 5.41 Å². The first kappa shape index (κ1) is 20.9. The maximum Gasteiger partial charge on any atom is 0.270 e. The third-order valence-electron chi connectivity index (χ3n) is 4.01. The highest BCUT2D eigenvalue weighted by atomic mass is 79.9. The number of nitro benzene ring substituents is 1. The quantitative estimate of drug-likeness (QED) is 0.457. The number of non-ortho nitro benzene ring substituents is 1. The minimum absolute atomic E-state index is 0.0299. The lowest BCUT2D eigenvalue weighted by Crippen LogP contribution is -2.22. The number of carbonyl (C=O) groups excluding carboxylic acids is 1. The van der Waals surface area contributed by atoms with Crippen LogP contribution < -0.4 is 14.8 Å². The Morgan fingerprint density at radius 3 is 2.62 bits per heavy atom. The Bertz CT molecular complexity index is 1280. The Hall–Kier alpha value is -2.78. The molecule has 9 heteroatoms. The summed E-state index contributed by atoms with van der Waals surface area (Å²) in [6, 6.07) is 7.81. The third-order valence-corrected chi connectivity index (χ3v) is 5.63. The number of nitro groups is 1. The van der Waals surface area contributed by atoms with Crippen LogP contribution in [0.15, 0.2) is 44.0 Å². The molecule has 0 fully saturated rings. The van der Waals surface area contributed by atoms with Gasteiger partial charge in [0.05, 0.1) is 14.1 Å². The van der Waals surface area contributed by atoms with Crippen LogP contribution in [-0.4, -0.2) is 15.7 Å². The molecule has 2 heterocycles. The van der Waals surface area contributed by atoms with Crippen LogP contribution in [0.3, 0.4) is 0 Å². The van der Waals surface area contributed by atoms with Gasteiger partial charge in [0.15, 0.2) is 5.78 Å². The van der Waals surface area contributed by atoms with Crippen LogP contribution in [0.25, 0.3) is 23.5 Å². The maximum absolute atomic E-state index is 12.2. The number of nitrogens with one attached hydrogen (secondary N) is 1. The molecule has 0 atom stereocenters. The second-order valence-corrected chi connectivity index (χ2v) is 9.25. The highest BCUT2D eigenvalue weighted by Crippen LogP contribution is 2.32. The topological polar surface area (TPSA) is 106 Å². The molecule has 0 bridgehead atoms. The second kappa shape index (κ2) is 7.92. The molecule has 1 N–H and O–H groups in total. The van der Waals surface area contributed by atoms with E-state index < -0.39 is 10.3 Å². The average molecular weight is 477 g/mol. The van der Waals surface area contributed by atoms with Crippen LogP contribution in [0.2, 0.25) is 0 Å². The van der Waals surface area contributed by atoms with E-state index in [0.717, 1.165) is 0 Å². The highest BCUT2D eigenvalue weighted by molar-refractivity contribution is 9.10. The first-order valence-electron chi connectivity index (χ1n) is 8.56. The van der Waals surface area contributed by atoms with Crippen molar-refractivity contribution in [3.8, 4) is 11.3 Å². The predicted octanol–water partition coefficient (Wildman–Crippen LogP) is 3.59. The lowest BCUT2D eigenvalue weighted by atomic mass is 9.91. The zero-order valence-corrected chi connectivity index (χ0v) is 18.2. The van der Waals surface area contributed by atoms with Crippen LogP contribution in [0.5, 0.6) is 0 Å². The minimum Gasteiger partial charge on any atom is -0.457 e. The van der Waals surface area contributed by atoms with Crippen LogP contribution in [0.4, 0.5) is 5.69 Å². The summed E-state index contributed by atoms with van der Waals surface area (Å²) in [6.45, 7) is 5.43. The monoisotopic (exact) mass is 476 g/mol. The minimum atomic E-state index is -0.529. The van der Waals surface area contributed by atoms with Crippen molar-refractivity contribution in [1.29, 1.82) is 0 Å². The van der Waals surface area contributed by atoms with E-state index >= 15 is 0 Å². The lowest BCUT2D eigenvalue weighted by molar-refractivity contribution is -0.384. The molecule has 0 saturated heterocycles. The van der Waals surface area contributed by atoms with Crippen molar-refractivity contribution in [2.75, 3.05) is 0 Å². The molecule has 0 aliphatic heterocycles. The first-order chi connectivity index (χ1) is 13.5. The number of nitrogens with zero attached hydrogens (tertiary/aromatic N) is 1. The number of benzene rings is 1. The van der Waals surface area contributed by atoms with Gasteiger partial charge in [-0.05, 0) is 34.1 Å². The molecule has 0 aliphatic rings.